The standard InChI is InChI=1S/C21H19F3N6/c1-12-5-7-29(20-15-8-14(22)3-2-13(15)4-6-25-20)10-16(12)18-9-17(19(23)24)28-21-26-11-27-30(18)21/h2-4,6,8-9,11-12,16,19H,5,7,10H2,1H3/t12-,16?/m1/s1. The van der Waals surface area contributed by atoms with Crippen LogP contribution in [0.5, 0.6) is 0 Å². The van der Waals surface area contributed by atoms with Gasteiger partial charge in [-0.3, -0.25) is 0 Å². The first kappa shape index (κ1) is 18.8. The van der Waals surface area contributed by atoms with Crippen LogP contribution in [0.25, 0.3) is 16.6 Å². The number of piperidine rings is 1. The topological polar surface area (TPSA) is 59.2 Å². The number of alkyl halides is 2. The summed E-state index contributed by atoms with van der Waals surface area (Å²) in [5.41, 5.74) is 0.344. The van der Waals surface area contributed by atoms with E-state index in [1.54, 1.807) is 12.3 Å². The van der Waals surface area contributed by atoms with Gasteiger partial charge in [-0.1, -0.05) is 13.0 Å². The number of aromatic nitrogens is 5. The zero-order valence-corrected chi connectivity index (χ0v) is 16.2. The lowest BCUT2D eigenvalue weighted by Crippen LogP contribution is -2.39. The molecular weight excluding hydrogens is 393 g/mol. The minimum Gasteiger partial charge on any atom is -0.355 e. The van der Waals surface area contributed by atoms with Crippen molar-refractivity contribution in [3.63, 3.8) is 0 Å². The van der Waals surface area contributed by atoms with Crippen LogP contribution in [-0.2, 0) is 0 Å². The van der Waals surface area contributed by atoms with E-state index in [9.17, 15) is 13.2 Å². The summed E-state index contributed by atoms with van der Waals surface area (Å²) in [4.78, 5) is 14.5. The van der Waals surface area contributed by atoms with E-state index in [1.807, 2.05) is 6.07 Å². The molecule has 0 aliphatic carbocycles. The number of hydrogen-bond donors (Lipinski definition) is 0. The fraction of sp³-hybridized carbons (Fsp3) is 0.333. The highest BCUT2D eigenvalue weighted by Crippen LogP contribution is 2.36. The fourth-order valence-electron chi connectivity index (χ4n) is 4.25. The monoisotopic (exact) mass is 412 g/mol. The molecule has 1 fully saturated rings. The molecule has 1 aliphatic rings. The minimum absolute atomic E-state index is 0.0888. The Morgan fingerprint density at radius 1 is 1.13 bits per heavy atom. The zero-order chi connectivity index (χ0) is 20.8. The number of pyridine rings is 1. The molecule has 0 bridgehead atoms. The van der Waals surface area contributed by atoms with Crippen molar-refractivity contribution in [3.8, 4) is 0 Å². The van der Waals surface area contributed by atoms with Gasteiger partial charge in [-0.15, -0.1) is 0 Å². The molecule has 1 unspecified atom stereocenters. The largest absolute Gasteiger partial charge is 0.355 e. The predicted molar refractivity (Wildman–Crippen MR) is 106 cm³/mol. The molecule has 0 N–H and O–H groups in total. The summed E-state index contributed by atoms with van der Waals surface area (Å²) in [7, 11) is 0. The summed E-state index contributed by atoms with van der Waals surface area (Å²) in [5, 5.41) is 5.84. The van der Waals surface area contributed by atoms with Crippen LogP contribution in [-0.4, -0.2) is 37.7 Å². The molecule has 1 saturated heterocycles. The van der Waals surface area contributed by atoms with Crippen molar-refractivity contribution in [1.29, 1.82) is 0 Å². The van der Waals surface area contributed by atoms with Crippen molar-refractivity contribution in [2.75, 3.05) is 18.0 Å². The van der Waals surface area contributed by atoms with Crippen LogP contribution in [0.4, 0.5) is 19.0 Å². The Bertz CT molecular complexity index is 1220. The molecule has 9 heteroatoms. The Balaban J connectivity index is 1.58. The summed E-state index contributed by atoms with van der Waals surface area (Å²) in [6.45, 7) is 3.39. The maximum atomic E-state index is 13.9. The summed E-state index contributed by atoms with van der Waals surface area (Å²) in [6, 6.07) is 7.92. The van der Waals surface area contributed by atoms with Crippen LogP contribution in [0.2, 0.25) is 0 Å². The van der Waals surface area contributed by atoms with E-state index in [-0.39, 0.29) is 29.1 Å². The smallest absolute Gasteiger partial charge is 0.280 e. The molecule has 154 valence electrons. The summed E-state index contributed by atoms with van der Waals surface area (Å²) in [5.74, 6) is 0.681. The molecule has 1 aromatic carbocycles. The van der Waals surface area contributed by atoms with Crippen LogP contribution in [0.15, 0.2) is 42.9 Å². The molecule has 0 spiro atoms. The van der Waals surface area contributed by atoms with Crippen LogP contribution >= 0.6 is 0 Å². The molecule has 4 aromatic rings. The predicted octanol–water partition coefficient (Wildman–Crippen LogP) is 4.38. The van der Waals surface area contributed by atoms with Crippen molar-refractivity contribution in [2.45, 2.75) is 25.7 Å². The number of halogens is 3. The van der Waals surface area contributed by atoms with E-state index in [0.29, 0.717) is 18.1 Å². The number of fused-ring (bicyclic) bond motifs is 2. The van der Waals surface area contributed by atoms with E-state index < -0.39 is 6.43 Å². The summed E-state index contributed by atoms with van der Waals surface area (Å²) >= 11 is 0. The Hall–Kier alpha value is -3.23. The molecule has 0 saturated carbocycles. The van der Waals surface area contributed by atoms with Crippen molar-refractivity contribution in [3.05, 3.63) is 60.1 Å². The Morgan fingerprint density at radius 2 is 2.00 bits per heavy atom. The number of rotatable bonds is 3. The van der Waals surface area contributed by atoms with E-state index >= 15 is 0 Å². The number of anilines is 1. The first-order valence-electron chi connectivity index (χ1n) is 9.79. The van der Waals surface area contributed by atoms with Gasteiger partial charge in [0.1, 0.15) is 23.7 Å². The number of benzene rings is 1. The van der Waals surface area contributed by atoms with Crippen LogP contribution in [0, 0.1) is 11.7 Å². The van der Waals surface area contributed by atoms with Gasteiger partial charge in [-0.25, -0.2) is 27.7 Å². The molecule has 3 aromatic heterocycles. The minimum atomic E-state index is -2.69. The van der Waals surface area contributed by atoms with E-state index in [4.69, 9.17) is 0 Å². The molecular formula is C21H19F3N6. The normalized spacial score (nSPS) is 19.8. The van der Waals surface area contributed by atoms with Crippen LogP contribution in [0.1, 0.15) is 37.1 Å². The lowest BCUT2D eigenvalue weighted by Gasteiger charge is -2.38. The Morgan fingerprint density at radius 3 is 2.83 bits per heavy atom. The quantitative estimate of drug-likeness (QED) is 0.500. The highest BCUT2D eigenvalue weighted by Gasteiger charge is 2.32. The summed E-state index contributed by atoms with van der Waals surface area (Å²) < 4.78 is 42.3. The van der Waals surface area contributed by atoms with Crippen molar-refractivity contribution in [2.24, 2.45) is 5.92 Å². The lowest BCUT2D eigenvalue weighted by atomic mass is 9.84. The molecule has 4 heterocycles. The van der Waals surface area contributed by atoms with Crippen molar-refractivity contribution in [1.82, 2.24) is 24.6 Å². The Kier molecular flexibility index (Phi) is 4.52. The molecule has 6 nitrogen and oxygen atoms in total. The molecule has 5 rings (SSSR count). The second-order valence-electron chi connectivity index (χ2n) is 7.70. The third-order valence-electron chi connectivity index (χ3n) is 5.87. The third-order valence-corrected chi connectivity index (χ3v) is 5.87. The third kappa shape index (κ3) is 3.14. The van der Waals surface area contributed by atoms with Gasteiger partial charge in [0.25, 0.3) is 12.2 Å². The van der Waals surface area contributed by atoms with Crippen molar-refractivity contribution >= 4 is 22.4 Å². The Labute approximate surface area is 170 Å². The number of hydrogen-bond acceptors (Lipinski definition) is 5. The maximum absolute atomic E-state index is 13.9. The van der Waals surface area contributed by atoms with E-state index in [0.717, 1.165) is 23.7 Å². The SMILES string of the molecule is C[C@@H]1CCN(c2nccc3ccc(F)cc23)CC1c1cc(C(F)F)nc2ncnn12. The first-order valence-corrected chi connectivity index (χ1v) is 9.79. The average Bonchev–Trinajstić information content (AvgIpc) is 3.22. The van der Waals surface area contributed by atoms with Gasteiger partial charge in [0, 0.05) is 30.6 Å². The van der Waals surface area contributed by atoms with E-state index in [2.05, 4.69) is 31.9 Å². The van der Waals surface area contributed by atoms with Crippen LogP contribution in [0.3, 0.4) is 0 Å². The summed E-state index contributed by atoms with van der Waals surface area (Å²) in [6.07, 6.45) is 1.17. The second kappa shape index (κ2) is 7.23. The molecule has 1 aliphatic heterocycles. The molecule has 0 amide bonds. The van der Waals surface area contributed by atoms with E-state index in [1.165, 1.54) is 29.0 Å². The van der Waals surface area contributed by atoms with Crippen LogP contribution < -0.4 is 4.90 Å². The maximum Gasteiger partial charge on any atom is 0.280 e. The van der Waals surface area contributed by atoms with Gasteiger partial charge in [-0.05, 0) is 42.0 Å². The molecule has 30 heavy (non-hydrogen) atoms. The first-order chi connectivity index (χ1) is 14.5. The lowest BCUT2D eigenvalue weighted by molar-refractivity contribution is 0.146. The highest BCUT2D eigenvalue weighted by atomic mass is 19.3. The van der Waals surface area contributed by atoms with Gasteiger partial charge in [0.05, 0.1) is 5.69 Å². The highest BCUT2D eigenvalue weighted by molar-refractivity contribution is 5.92. The van der Waals surface area contributed by atoms with Crippen molar-refractivity contribution < 1.29 is 13.2 Å². The van der Waals surface area contributed by atoms with Gasteiger partial charge >= 0.3 is 0 Å². The molecule has 2 atom stereocenters. The fourth-order valence-corrected chi connectivity index (χ4v) is 4.25. The molecule has 0 radical (unpaired) electrons. The van der Waals surface area contributed by atoms with Gasteiger partial charge in [0.15, 0.2) is 0 Å². The average molecular weight is 412 g/mol. The van der Waals surface area contributed by atoms with Gasteiger partial charge in [-0.2, -0.15) is 10.1 Å². The van der Waals surface area contributed by atoms with Gasteiger partial charge < -0.3 is 4.90 Å². The zero-order valence-electron chi connectivity index (χ0n) is 16.2. The van der Waals surface area contributed by atoms with Gasteiger partial charge in [0.2, 0.25) is 0 Å². The second-order valence-corrected chi connectivity index (χ2v) is 7.70. The number of nitrogens with zero attached hydrogens (tertiary/aromatic N) is 6.